The van der Waals surface area contributed by atoms with Crippen molar-refractivity contribution in [2.24, 2.45) is 0 Å². The summed E-state index contributed by atoms with van der Waals surface area (Å²) in [5.41, 5.74) is 0.704. The van der Waals surface area contributed by atoms with Gasteiger partial charge in [0.05, 0.1) is 18.6 Å². The molecule has 22 heavy (non-hydrogen) atoms. The van der Waals surface area contributed by atoms with Crippen LogP contribution in [0.1, 0.15) is 37.8 Å². The van der Waals surface area contributed by atoms with Crippen LogP contribution in [0.5, 0.6) is 5.75 Å². The van der Waals surface area contributed by atoms with Crippen LogP contribution in [0.3, 0.4) is 0 Å². The van der Waals surface area contributed by atoms with Crippen molar-refractivity contribution in [2.75, 3.05) is 6.61 Å². The minimum absolute atomic E-state index is 0.0326. The Balaban J connectivity index is 1.86. The zero-order valence-electron chi connectivity index (χ0n) is 12.2. The van der Waals surface area contributed by atoms with Gasteiger partial charge in [0.2, 0.25) is 5.91 Å². The molecule has 0 saturated carbocycles. The highest BCUT2D eigenvalue weighted by molar-refractivity contribution is 5.77. The van der Waals surface area contributed by atoms with Gasteiger partial charge in [0, 0.05) is 6.61 Å². The van der Waals surface area contributed by atoms with Crippen molar-refractivity contribution < 1.29 is 27.4 Å². The van der Waals surface area contributed by atoms with Gasteiger partial charge in [0.25, 0.3) is 0 Å². The van der Waals surface area contributed by atoms with E-state index in [2.05, 4.69) is 10.1 Å². The molecule has 0 aromatic heterocycles. The Morgan fingerprint density at radius 1 is 1.41 bits per heavy atom. The van der Waals surface area contributed by atoms with Crippen molar-refractivity contribution in [3.63, 3.8) is 0 Å². The van der Waals surface area contributed by atoms with Gasteiger partial charge in [0.15, 0.2) is 0 Å². The van der Waals surface area contributed by atoms with Crippen LogP contribution >= 0.6 is 0 Å². The molecule has 122 valence electrons. The highest BCUT2D eigenvalue weighted by atomic mass is 19.4. The van der Waals surface area contributed by atoms with Gasteiger partial charge in [-0.2, -0.15) is 0 Å². The molecule has 7 heteroatoms. The number of carbonyl (C=O) groups is 1. The fourth-order valence-corrected chi connectivity index (χ4v) is 2.35. The van der Waals surface area contributed by atoms with Crippen molar-refractivity contribution in [1.29, 1.82) is 0 Å². The van der Waals surface area contributed by atoms with Gasteiger partial charge in [-0.05, 0) is 37.5 Å². The molecule has 1 heterocycles. The lowest BCUT2D eigenvalue weighted by Crippen LogP contribution is -2.29. The summed E-state index contributed by atoms with van der Waals surface area (Å²) < 4.78 is 45.4. The Hall–Kier alpha value is -1.76. The lowest BCUT2D eigenvalue weighted by Gasteiger charge is -2.17. The summed E-state index contributed by atoms with van der Waals surface area (Å²) in [7, 11) is 0. The SMILES string of the molecule is C[C@@H](NC(=O)C[C@@H]1CCCO1)c1ccc(OC(F)(F)F)cc1. The Kier molecular flexibility index (Phi) is 5.28. The van der Waals surface area contributed by atoms with E-state index in [4.69, 9.17) is 4.74 Å². The third kappa shape index (κ3) is 5.22. The lowest BCUT2D eigenvalue weighted by atomic mass is 10.1. The van der Waals surface area contributed by atoms with Gasteiger partial charge in [-0.1, -0.05) is 12.1 Å². The largest absolute Gasteiger partial charge is 0.573 e. The van der Waals surface area contributed by atoms with Crippen LogP contribution in [0.4, 0.5) is 13.2 Å². The highest BCUT2D eigenvalue weighted by Crippen LogP contribution is 2.24. The van der Waals surface area contributed by atoms with Crippen LogP contribution in [0.25, 0.3) is 0 Å². The number of hydrogen-bond donors (Lipinski definition) is 1. The summed E-state index contributed by atoms with van der Waals surface area (Å²) >= 11 is 0. The number of carbonyl (C=O) groups excluding carboxylic acids is 1. The zero-order valence-corrected chi connectivity index (χ0v) is 12.2. The molecule has 1 saturated heterocycles. The average molecular weight is 317 g/mol. The normalized spacial score (nSPS) is 19.7. The molecule has 1 aromatic carbocycles. The van der Waals surface area contributed by atoms with Crippen molar-refractivity contribution in [3.05, 3.63) is 29.8 Å². The van der Waals surface area contributed by atoms with Crippen LogP contribution in [0.15, 0.2) is 24.3 Å². The molecule has 1 N–H and O–H groups in total. The first-order valence-electron chi connectivity index (χ1n) is 7.10. The van der Waals surface area contributed by atoms with E-state index in [1.807, 2.05) is 0 Å². The predicted octanol–water partition coefficient (Wildman–Crippen LogP) is 3.33. The fraction of sp³-hybridized carbons (Fsp3) is 0.533. The standard InChI is InChI=1S/C15H18F3NO3/c1-10(19-14(20)9-13-3-2-8-21-13)11-4-6-12(7-5-11)22-15(16,17)18/h4-7,10,13H,2-3,8-9H2,1H3,(H,19,20)/t10-,13+/m1/s1. The number of nitrogens with one attached hydrogen (secondary N) is 1. The fourth-order valence-electron chi connectivity index (χ4n) is 2.35. The van der Waals surface area contributed by atoms with E-state index in [-0.39, 0.29) is 23.8 Å². The van der Waals surface area contributed by atoms with E-state index in [1.165, 1.54) is 24.3 Å². The number of amides is 1. The Labute approximate surface area is 126 Å². The quantitative estimate of drug-likeness (QED) is 0.906. The van der Waals surface area contributed by atoms with Gasteiger partial charge >= 0.3 is 6.36 Å². The molecule has 0 unspecified atom stereocenters. The highest BCUT2D eigenvalue weighted by Gasteiger charge is 2.31. The minimum atomic E-state index is -4.71. The molecule has 0 spiro atoms. The maximum atomic E-state index is 12.1. The van der Waals surface area contributed by atoms with Crippen molar-refractivity contribution in [2.45, 2.75) is 44.7 Å². The summed E-state index contributed by atoms with van der Waals surface area (Å²) in [6, 6.07) is 5.15. The van der Waals surface area contributed by atoms with Crippen LogP contribution < -0.4 is 10.1 Å². The Morgan fingerprint density at radius 2 is 2.09 bits per heavy atom. The van der Waals surface area contributed by atoms with E-state index in [9.17, 15) is 18.0 Å². The average Bonchev–Trinajstić information content (AvgIpc) is 2.90. The van der Waals surface area contributed by atoms with Gasteiger partial charge < -0.3 is 14.8 Å². The van der Waals surface area contributed by atoms with Gasteiger partial charge in [-0.3, -0.25) is 4.79 Å². The van der Waals surface area contributed by atoms with Gasteiger partial charge in [-0.15, -0.1) is 13.2 Å². The number of halogens is 3. The van der Waals surface area contributed by atoms with E-state index >= 15 is 0 Å². The first kappa shape index (κ1) is 16.6. The molecule has 4 nitrogen and oxygen atoms in total. The van der Waals surface area contributed by atoms with Crippen molar-refractivity contribution in [3.8, 4) is 5.75 Å². The number of hydrogen-bond acceptors (Lipinski definition) is 3. The molecule has 0 bridgehead atoms. The molecular formula is C15H18F3NO3. The minimum Gasteiger partial charge on any atom is -0.406 e. The van der Waals surface area contributed by atoms with Gasteiger partial charge in [0.1, 0.15) is 5.75 Å². The molecular weight excluding hydrogens is 299 g/mol. The third-order valence-electron chi connectivity index (χ3n) is 3.43. The molecule has 1 aliphatic heterocycles. The first-order chi connectivity index (χ1) is 10.3. The summed E-state index contributed by atoms with van der Waals surface area (Å²) in [5, 5.41) is 2.81. The second kappa shape index (κ2) is 7.00. The Morgan fingerprint density at radius 3 is 2.64 bits per heavy atom. The summed E-state index contributed by atoms with van der Waals surface area (Å²) in [6.07, 6.45) is -2.59. The lowest BCUT2D eigenvalue weighted by molar-refractivity contribution is -0.274. The number of ether oxygens (including phenoxy) is 2. The number of alkyl halides is 3. The molecule has 0 radical (unpaired) electrons. The maximum absolute atomic E-state index is 12.1. The number of rotatable bonds is 5. The molecule has 2 rings (SSSR count). The molecule has 2 atom stereocenters. The van der Waals surface area contributed by atoms with Crippen LogP contribution in [-0.4, -0.2) is 25.0 Å². The smallest absolute Gasteiger partial charge is 0.406 e. The first-order valence-corrected chi connectivity index (χ1v) is 7.10. The summed E-state index contributed by atoms with van der Waals surface area (Å²) in [4.78, 5) is 11.9. The third-order valence-corrected chi connectivity index (χ3v) is 3.43. The van der Waals surface area contributed by atoms with E-state index in [0.29, 0.717) is 18.6 Å². The van der Waals surface area contributed by atoms with E-state index in [1.54, 1.807) is 6.92 Å². The monoisotopic (exact) mass is 317 g/mol. The summed E-state index contributed by atoms with van der Waals surface area (Å²) in [6.45, 7) is 2.46. The second-order valence-corrected chi connectivity index (χ2v) is 5.25. The maximum Gasteiger partial charge on any atom is 0.573 e. The molecule has 1 fully saturated rings. The van der Waals surface area contributed by atoms with Crippen LogP contribution in [-0.2, 0) is 9.53 Å². The number of benzene rings is 1. The topological polar surface area (TPSA) is 47.6 Å². The van der Waals surface area contributed by atoms with Crippen molar-refractivity contribution in [1.82, 2.24) is 5.32 Å². The van der Waals surface area contributed by atoms with Crippen LogP contribution in [0.2, 0.25) is 0 Å². The molecule has 1 aromatic rings. The van der Waals surface area contributed by atoms with Crippen molar-refractivity contribution >= 4 is 5.91 Å². The Bertz CT molecular complexity index is 496. The molecule has 1 amide bonds. The van der Waals surface area contributed by atoms with Crippen LogP contribution in [0, 0.1) is 0 Å². The second-order valence-electron chi connectivity index (χ2n) is 5.25. The van der Waals surface area contributed by atoms with E-state index < -0.39 is 6.36 Å². The zero-order chi connectivity index (χ0) is 16.2. The molecule has 0 aliphatic carbocycles. The van der Waals surface area contributed by atoms with Gasteiger partial charge in [-0.25, -0.2) is 0 Å². The van der Waals surface area contributed by atoms with E-state index in [0.717, 1.165) is 12.8 Å². The summed E-state index contributed by atoms with van der Waals surface area (Å²) in [5.74, 6) is -0.413. The molecule has 1 aliphatic rings. The predicted molar refractivity (Wildman–Crippen MR) is 73.3 cm³/mol.